The van der Waals surface area contributed by atoms with Crippen molar-refractivity contribution in [1.82, 2.24) is 4.98 Å². The van der Waals surface area contributed by atoms with Crippen molar-refractivity contribution in [3.8, 4) is 0 Å². The molecule has 21 heavy (non-hydrogen) atoms. The van der Waals surface area contributed by atoms with Crippen LogP contribution < -0.4 is 4.90 Å². The molecule has 0 radical (unpaired) electrons. The normalized spacial score (nSPS) is 18.7. The summed E-state index contributed by atoms with van der Waals surface area (Å²) >= 11 is 6.15. The summed E-state index contributed by atoms with van der Waals surface area (Å²) < 4.78 is 0. The zero-order valence-corrected chi connectivity index (χ0v) is 13.7. The number of hydrogen-bond acceptors (Lipinski definition) is 2. The molecule has 1 fully saturated rings. The molecule has 3 rings (SSSR count). The highest BCUT2D eigenvalue weighted by atomic mass is 35.5. The highest BCUT2D eigenvalue weighted by Gasteiger charge is 2.24. The Hall–Kier alpha value is -1.28. The first-order chi connectivity index (χ1) is 10.1. The van der Waals surface area contributed by atoms with Crippen LogP contribution >= 0.6 is 11.6 Å². The summed E-state index contributed by atoms with van der Waals surface area (Å²) in [6.45, 7) is 6.92. The Morgan fingerprint density at radius 2 is 2.00 bits per heavy atom. The number of para-hydroxylation sites is 1. The number of fused-ring (bicyclic) bond motifs is 1. The maximum atomic E-state index is 6.15. The molecule has 2 heterocycles. The Balaban J connectivity index is 1.96. The zero-order chi connectivity index (χ0) is 14.9. The predicted molar refractivity (Wildman–Crippen MR) is 91.1 cm³/mol. The molecule has 0 amide bonds. The molecule has 0 aliphatic carbocycles. The van der Waals surface area contributed by atoms with E-state index in [2.05, 4.69) is 36.9 Å². The van der Waals surface area contributed by atoms with E-state index < -0.39 is 0 Å². The Morgan fingerprint density at radius 1 is 1.19 bits per heavy atom. The Labute approximate surface area is 132 Å². The van der Waals surface area contributed by atoms with Crippen LogP contribution in [0.2, 0.25) is 0 Å². The molecule has 0 N–H and O–H groups in total. The van der Waals surface area contributed by atoms with Crippen molar-refractivity contribution >= 4 is 28.3 Å². The second kappa shape index (κ2) is 5.84. The van der Waals surface area contributed by atoms with Gasteiger partial charge < -0.3 is 4.90 Å². The van der Waals surface area contributed by atoms with E-state index >= 15 is 0 Å². The predicted octanol–water partition coefficient (Wildman–Crippen LogP) is 4.99. The van der Waals surface area contributed by atoms with E-state index in [-0.39, 0.29) is 0 Å². The van der Waals surface area contributed by atoms with Gasteiger partial charge in [-0.05, 0) is 42.4 Å². The van der Waals surface area contributed by atoms with Crippen molar-refractivity contribution in [3.05, 3.63) is 35.9 Å². The number of alkyl halides is 1. The van der Waals surface area contributed by atoms with Gasteiger partial charge in [0.2, 0.25) is 0 Å². The summed E-state index contributed by atoms with van der Waals surface area (Å²) in [5.41, 5.74) is 2.68. The van der Waals surface area contributed by atoms with Crippen molar-refractivity contribution in [2.45, 2.75) is 39.0 Å². The SMILES string of the molecule is CC1(C)CCCN(c2cc(CCl)c3ccccc3n2)CC1. The lowest BCUT2D eigenvalue weighted by atomic mass is 9.85. The molecule has 3 heteroatoms. The minimum Gasteiger partial charge on any atom is -0.357 e. The van der Waals surface area contributed by atoms with E-state index in [0.717, 1.165) is 24.4 Å². The number of hydrogen-bond donors (Lipinski definition) is 0. The number of benzene rings is 1. The molecular formula is C18H23ClN2. The van der Waals surface area contributed by atoms with E-state index in [1.807, 2.05) is 12.1 Å². The summed E-state index contributed by atoms with van der Waals surface area (Å²) in [6.07, 6.45) is 3.74. The monoisotopic (exact) mass is 302 g/mol. The van der Waals surface area contributed by atoms with Crippen LogP contribution in [-0.2, 0) is 5.88 Å². The van der Waals surface area contributed by atoms with Crippen LogP contribution in [0.3, 0.4) is 0 Å². The molecule has 0 unspecified atom stereocenters. The molecule has 0 atom stereocenters. The fourth-order valence-corrected chi connectivity index (χ4v) is 3.38. The van der Waals surface area contributed by atoms with Crippen LogP contribution in [0.4, 0.5) is 5.82 Å². The highest BCUT2D eigenvalue weighted by Crippen LogP contribution is 2.32. The lowest BCUT2D eigenvalue weighted by molar-refractivity contribution is 0.325. The summed E-state index contributed by atoms with van der Waals surface area (Å²) in [5.74, 6) is 1.62. The van der Waals surface area contributed by atoms with Crippen LogP contribution in [0.1, 0.15) is 38.7 Å². The lowest BCUT2D eigenvalue weighted by Crippen LogP contribution is -2.26. The van der Waals surface area contributed by atoms with Crippen molar-refractivity contribution in [2.24, 2.45) is 5.41 Å². The Morgan fingerprint density at radius 3 is 2.81 bits per heavy atom. The van der Waals surface area contributed by atoms with Gasteiger partial charge in [-0.25, -0.2) is 4.98 Å². The summed E-state index contributed by atoms with van der Waals surface area (Å²) in [4.78, 5) is 7.29. The first-order valence-electron chi connectivity index (χ1n) is 7.79. The molecule has 0 bridgehead atoms. The fraction of sp³-hybridized carbons (Fsp3) is 0.500. The third kappa shape index (κ3) is 3.16. The van der Waals surface area contributed by atoms with Crippen molar-refractivity contribution in [3.63, 3.8) is 0 Å². The second-order valence-corrected chi connectivity index (χ2v) is 7.06. The van der Waals surface area contributed by atoms with Gasteiger partial charge >= 0.3 is 0 Å². The molecule has 1 saturated heterocycles. The fourth-order valence-electron chi connectivity index (χ4n) is 3.16. The summed E-state index contributed by atoms with van der Waals surface area (Å²) in [6, 6.07) is 10.5. The average molecular weight is 303 g/mol. The zero-order valence-electron chi connectivity index (χ0n) is 12.9. The molecule has 2 aromatic rings. The first kappa shape index (κ1) is 14.6. The largest absolute Gasteiger partial charge is 0.357 e. The molecule has 2 nitrogen and oxygen atoms in total. The van der Waals surface area contributed by atoms with Gasteiger partial charge in [0, 0.05) is 24.4 Å². The van der Waals surface area contributed by atoms with Crippen LogP contribution in [0.15, 0.2) is 30.3 Å². The van der Waals surface area contributed by atoms with Crippen molar-refractivity contribution < 1.29 is 0 Å². The van der Waals surface area contributed by atoms with Gasteiger partial charge in [-0.2, -0.15) is 0 Å². The summed E-state index contributed by atoms with van der Waals surface area (Å²) in [7, 11) is 0. The van der Waals surface area contributed by atoms with Crippen molar-refractivity contribution in [1.29, 1.82) is 0 Å². The van der Waals surface area contributed by atoms with E-state index in [0.29, 0.717) is 11.3 Å². The van der Waals surface area contributed by atoms with E-state index in [1.54, 1.807) is 0 Å². The van der Waals surface area contributed by atoms with Gasteiger partial charge in [0.15, 0.2) is 0 Å². The van der Waals surface area contributed by atoms with Crippen LogP contribution in [0.25, 0.3) is 10.9 Å². The molecule has 0 saturated carbocycles. The van der Waals surface area contributed by atoms with Gasteiger partial charge in [0.25, 0.3) is 0 Å². The van der Waals surface area contributed by atoms with Gasteiger partial charge in [0.1, 0.15) is 5.82 Å². The maximum absolute atomic E-state index is 6.15. The number of anilines is 1. The molecular weight excluding hydrogens is 280 g/mol. The number of halogens is 1. The Kier molecular flexibility index (Phi) is 4.08. The molecule has 1 aromatic heterocycles. The topological polar surface area (TPSA) is 16.1 Å². The van der Waals surface area contributed by atoms with Crippen molar-refractivity contribution in [2.75, 3.05) is 18.0 Å². The second-order valence-electron chi connectivity index (χ2n) is 6.80. The molecule has 1 aliphatic rings. The number of aromatic nitrogens is 1. The van der Waals surface area contributed by atoms with E-state index in [4.69, 9.17) is 16.6 Å². The minimum absolute atomic E-state index is 0.445. The van der Waals surface area contributed by atoms with Crippen LogP contribution in [0.5, 0.6) is 0 Å². The standard InChI is InChI=1S/C18H23ClN2/c1-18(2)8-5-10-21(11-9-18)17-12-14(13-19)15-6-3-4-7-16(15)20-17/h3-4,6-7,12H,5,8-11,13H2,1-2H3. The maximum Gasteiger partial charge on any atom is 0.129 e. The summed E-state index contributed by atoms with van der Waals surface area (Å²) in [5, 5.41) is 1.17. The molecule has 112 valence electrons. The first-order valence-corrected chi connectivity index (χ1v) is 8.32. The van der Waals surface area contributed by atoms with Gasteiger partial charge in [-0.3, -0.25) is 0 Å². The minimum atomic E-state index is 0.445. The Bertz CT molecular complexity index is 636. The van der Waals surface area contributed by atoms with Gasteiger partial charge in [-0.1, -0.05) is 32.0 Å². The smallest absolute Gasteiger partial charge is 0.129 e. The lowest BCUT2D eigenvalue weighted by Gasteiger charge is -2.24. The number of nitrogens with zero attached hydrogens (tertiary/aromatic N) is 2. The van der Waals surface area contributed by atoms with E-state index in [9.17, 15) is 0 Å². The van der Waals surface area contributed by atoms with Gasteiger partial charge in [0.05, 0.1) is 5.52 Å². The van der Waals surface area contributed by atoms with Crippen LogP contribution in [0, 0.1) is 5.41 Å². The average Bonchev–Trinajstić information content (AvgIpc) is 2.67. The number of rotatable bonds is 2. The molecule has 0 spiro atoms. The number of pyridine rings is 1. The third-order valence-corrected chi connectivity index (χ3v) is 4.88. The quantitative estimate of drug-likeness (QED) is 0.727. The van der Waals surface area contributed by atoms with Crippen LogP contribution in [-0.4, -0.2) is 18.1 Å². The highest BCUT2D eigenvalue weighted by molar-refractivity contribution is 6.18. The van der Waals surface area contributed by atoms with E-state index in [1.165, 1.54) is 30.2 Å². The molecule has 1 aliphatic heterocycles. The third-order valence-electron chi connectivity index (χ3n) is 4.60. The molecule has 1 aromatic carbocycles. The van der Waals surface area contributed by atoms with Gasteiger partial charge in [-0.15, -0.1) is 11.6 Å².